The quantitative estimate of drug-likeness (QED) is 0.677. The molecule has 9 heteroatoms. The third-order valence-electron chi connectivity index (χ3n) is 3.42. The first-order chi connectivity index (χ1) is 11.9. The molecule has 1 amide bonds. The van der Waals surface area contributed by atoms with Crippen molar-refractivity contribution in [1.82, 2.24) is 19.6 Å². The summed E-state index contributed by atoms with van der Waals surface area (Å²) in [7, 11) is 0. The van der Waals surface area contributed by atoms with Gasteiger partial charge in [0.15, 0.2) is 5.82 Å². The van der Waals surface area contributed by atoms with Gasteiger partial charge in [-0.15, -0.1) is 0 Å². The second-order valence-corrected chi connectivity index (χ2v) is 6.75. The molecule has 0 spiro atoms. The fraction of sp³-hybridized carbons (Fsp3) is 0.188. The molecular formula is C16H14BrClFN5O. The lowest BCUT2D eigenvalue weighted by Crippen LogP contribution is -2.19. The third kappa shape index (κ3) is 4.26. The van der Waals surface area contributed by atoms with E-state index in [2.05, 4.69) is 31.4 Å². The Morgan fingerprint density at radius 3 is 2.84 bits per heavy atom. The van der Waals surface area contributed by atoms with E-state index >= 15 is 0 Å². The number of benzene rings is 1. The summed E-state index contributed by atoms with van der Waals surface area (Å²) in [5, 5.41) is 11.3. The minimum atomic E-state index is -0.404. The number of halogens is 3. The van der Waals surface area contributed by atoms with Gasteiger partial charge in [-0.25, -0.2) is 4.39 Å². The highest BCUT2D eigenvalue weighted by atomic mass is 79.9. The molecule has 3 aromatic rings. The Morgan fingerprint density at radius 1 is 1.36 bits per heavy atom. The van der Waals surface area contributed by atoms with Crippen LogP contribution in [-0.2, 0) is 17.9 Å². The molecule has 0 bridgehead atoms. The Morgan fingerprint density at radius 2 is 2.16 bits per heavy atom. The van der Waals surface area contributed by atoms with Crippen LogP contribution in [0.1, 0.15) is 11.1 Å². The number of anilines is 1. The van der Waals surface area contributed by atoms with Gasteiger partial charge in [-0.2, -0.15) is 10.2 Å². The molecule has 0 fully saturated rings. The van der Waals surface area contributed by atoms with Gasteiger partial charge in [-0.1, -0.05) is 17.7 Å². The van der Waals surface area contributed by atoms with E-state index in [1.54, 1.807) is 30.7 Å². The zero-order valence-corrected chi connectivity index (χ0v) is 15.6. The molecule has 1 aromatic carbocycles. The summed E-state index contributed by atoms with van der Waals surface area (Å²) in [6.07, 6.45) is 5.10. The van der Waals surface area contributed by atoms with Gasteiger partial charge in [0.25, 0.3) is 0 Å². The van der Waals surface area contributed by atoms with E-state index in [0.717, 1.165) is 5.56 Å². The van der Waals surface area contributed by atoms with Gasteiger partial charge in [0.1, 0.15) is 12.4 Å². The SMILES string of the molecule is Cc1cnn(CC(=O)Nc2nn(Cc3c(F)cccc3Cl)cc2Br)c1. The highest BCUT2D eigenvalue weighted by Crippen LogP contribution is 2.24. The number of rotatable bonds is 5. The van der Waals surface area contributed by atoms with E-state index in [0.29, 0.717) is 20.9 Å². The summed E-state index contributed by atoms with van der Waals surface area (Å²) >= 11 is 9.37. The number of carbonyl (C=O) groups excluding carboxylic acids is 1. The highest BCUT2D eigenvalue weighted by molar-refractivity contribution is 9.10. The number of carbonyl (C=O) groups is 1. The molecule has 6 nitrogen and oxygen atoms in total. The molecular weight excluding hydrogens is 413 g/mol. The summed E-state index contributed by atoms with van der Waals surface area (Å²) in [5.74, 6) is -0.321. The molecule has 0 saturated heterocycles. The van der Waals surface area contributed by atoms with Crippen molar-refractivity contribution in [2.45, 2.75) is 20.0 Å². The number of nitrogens with one attached hydrogen (secondary N) is 1. The topological polar surface area (TPSA) is 64.7 Å². The molecule has 2 heterocycles. The van der Waals surface area contributed by atoms with Crippen LogP contribution in [0.5, 0.6) is 0 Å². The molecule has 0 atom stereocenters. The summed E-state index contributed by atoms with van der Waals surface area (Å²) in [4.78, 5) is 12.1. The van der Waals surface area contributed by atoms with E-state index in [-0.39, 0.29) is 19.0 Å². The Balaban J connectivity index is 1.71. The number of aryl methyl sites for hydroxylation is 1. The van der Waals surface area contributed by atoms with Crippen LogP contribution < -0.4 is 5.32 Å². The Hall–Kier alpha value is -2.19. The van der Waals surface area contributed by atoms with E-state index in [1.807, 2.05) is 6.92 Å². The maximum Gasteiger partial charge on any atom is 0.247 e. The fourth-order valence-corrected chi connectivity index (χ4v) is 2.92. The smallest absolute Gasteiger partial charge is 0.247 e. The van der Waals surface area contributed by atoms with Crippen molar-refractivity contribution in [3.63, 3.8) is 0 Å². The first-order valence-corrected chi connectivity index (χ1v) is 8.54. The molecule has 2 aromatic heterocycles. The number of aromatic nitrogens is 4. The number of hydrogen-bond donors (Lipinski definition) is 1. The van der Waals surface area contributed by atoms with Gasteiger partial charge in [0.2, 0.25) is 5.91 Å². The zero-order chi connectivity index (χ0) is 18.0. The molecule has 0 radical (unpaired) electrons. The fourth-order valence-electron chi connectivity index (χ4n) is 2.28. The molecule has 1 N–H and O–H groups in total. The van der Waals surface area contributed by atoms with Gasteiger partial charge >= 0.3 is 0 Å². The molecule has 0 aliphatic heterocycles. The van der Waals surface area contributed by atoms with E-state index in [1.165, 1.54) is 15.4 Å². The maximum atomic E-state index is 13.9. The highest BCUT2D eigenvalue weighted by Gasteiger charge is 2.14. The average Bonchev–Trinajstić information content (AvgIpc) is 3.09. The van der Waals surface area contributed by atoms with E-state index in [9.17, 15) is 9.18 Å². The molecule has 0 unspecified atom stereocenters. The van der Waals surface area contributed by atoms with Crippen molar-refractivity contribution in [2.24, 2.45) is 0 Å². The van der Waals surface area contributed by atoms with Gasteiger partial charge in [-0.3, -0.25) is 14.2 Å². The number of hydrogen-bond acceptors (Lipinski definition) is 3. The summed E-state index contributed by atoms with van der Waals surface area (Å²) in [5.41, 5.74) is 1.31. The molecule has 0 aliphatic rings. The van der Waals surface area contributed by atoms with Crippen LogP contribution in [0.15, 0.2) is 41.3 Å². The molecule has 0 aliphatic carbocycles. The lowest BCUT2D eigenvalue weighted by atomic mass is 10.2. The first-order valence-electron chi connectivity index (χ1n) is 7.37. The van der Waals surface area contributed by atoms with E-state index < -0.39 is 5.82 Å². The van der Waals surface area contributed by atoms with Gasteiger partial charge < -0.3 is 5.32 Å². The summed E-state index contributed by atoms with van der Waals surface area (Å²) < 4.78 is 17.5. The Kier molecular flexibility index (Phi) is 5.19. The Bertz CT molecular complexity index is 903. The number of amides is 1. The van der Waals surface area contributed by atoms with Crippen molar-refractivity contribution in [3.05, 3.63) is 63.2 Å². The second-order valence-electron chi connectivity index (χ2n) is 5.49. The minimum Gasteiger partial charge on any atom is -0.307 e. The predicted molar refractivity (Wildman–Crippen MR) is 96.0 cm³/mol. The Labute approximate surface area is 156 Å². The van der Waals surface area contributed by atoms with Gasteiger partial charge in [-0.05, 0) is 40.5 Å². The third-order valence-corrected chi connectivity index (χ3v) is 4.36. The van der Waals surface area contributed by atoms with Crippen molar-refractivity contribution >= 4 is 39.3 Å². The van der Waals surface area contributed by atoms with E-state index in [4.69, 9.17) is 11.6 Å². The standard InChI is InChI=1S/C16H14BrClFN5O/c1-10-5-20-23(6-10)9-15(25)21-16-12(17)8-24(22-16)7-11-13(18)3-2-4-14(11)19/h2-6,8H,7,9H2,1H3,(H,21,22,25). The molecule has 3 rings (SSSR count). The normalized spacial score (nSPS) is 10.9. The summed E-state index contributed by atoms with van der Waals surface area (Å²) in [6, 6.07) is 4.50. The minimum absolute atomic E-state index is 0.0757. The van der Waals surface area contributed by atoms with Gasteiger partial charge in [0, 0.05) is 23.0 Å². The predicted octanol–water partition coefficient (Wildman–Crippen LogP) is 3.63. The lowest BCUT2D eigenvalue weighted by molar-refractivity contribution is -0.116. The van der Waals surface area contributed by atoms with Crippen LogP contribution >= 0.6 is 27.5 Å². The van der Waals surface area contributed by atoms with Crippen LogP contribution in [-0.4, -0.2) is 25.5 Å². The monoisotopic (exact) mass is 425 g/mol. The second kappa shape index (κ2) is 7.37. The maximum absolute atomic E-state index is 13.9. The van der Waals surface area contributed by atoms with Crippen LogP contribution in [0.3, 0.4) is 0 Å². The van der Waals surface area contributed by atoms with Crippen LogP contribution in [0, 0.1) is 12.7 Å². The van der Waals surface area contributed by atoms with Crippen LogP contribution in [0.25, 0.3) is 0 Å². The molecule has 25 heavy (non-hydrogen) atoms. The van der Waals surface area contributed by atoms with Crippen LogP contribution in [0.4, 0.5) is 10.2 Å². The molecule has 130 valence electrons. The van der Waals surface area contributed by atoms with Crippen molar-refractivity contribution < 1.29 is 9.18 Å². The summed E-state index contributed by atoms with van der Waals surface area (Å²) in [6.45, 7) is 2.12. The lowest BCUT2D eigenvalue weighted by Gasteiger charge is -2.06. The van der Waals surface area contributed by atoms with Crippen molar-refractivity contribution in [2.75, 3.05) is 5.32 Å². The number of nitrogens with zero attached hydrogens (tertiary/aromatic N) is 4. The zero-order valence-electron chi connectivity index (χ0n) is 13.2. The molecule has 0 saturated carbocycles. The van der Waals surface area contributed by atoms with Gasteiger partial charge in [0.05, 0.1) is 17.2 Å². The van der Waals surface area contributed by atoms with Crippen LogP contribution in [0.2, 0.25) is 5.02 Å². The largest absolute Gasteiger partial charge is 0.307 e. The average molecular weight is 427 g/mol. The van der Waals surface area contributed by atoms with Crippen molar-refractivity contribution in [3.8, 4) is 0 Å². The van der Waals surface area contributed by atoms with Crippen molar-refractivity contribution in [1.29, 1.82) is 0 Å². The first kappa shape index (κ1) is 17.6.